The standard InChI is InChI=1S/C27H21ClN4O2S/c1-34-24-12-5-4-10-22(24)26-30-31-27(32(26)20-15-13-19(28)14-16-20)35-17-25(33)29-23-11-6-8-18-7-2-3-9-21(18)23/h2-16H,17H2,1H3,(H,29,33). The molecule has 0 saturated carbocycles. The molecule has 0 radical (unpaired) electrons. The van der Waals surface area contributed by atoms with Gasteiger partial charge in [0, 0.05) is 21.8 Å². The van der Waals surface area contributed by atoms with Gasteiger partial charge in [-0.05, 0) is 47.9 Å². The van der Waals surface area contributed by atoms with Crippen molar-refractivity contribution in [3.8, 4) is 22.8 Å². The van der Waals surface area contributed by atoms with Crippen LogP contribution in [0, 0.1) is 0 Å². The lowest BCUT2D eigenvalue weighted by Crippen LogP contribution is -2.14. The second-order valence-electron chi connectivity index (χ2n) is 7.68. The topological polar surface area (TPSA) is 69.0 Å². The second-order valence-corrected chi connectivity index (χ2v) is 9.06. The number of hydrogen-bond donors (Lipinski definition) is 1. The minimum absolute atomic E-state index is 0.129. The Hall–Kier alpha value is -3.81. The lowest BCUT2D eigenvalue weighted by atomic mass is 10.1. The van der Waals surface area contributed by atoms with Gasteiger partial charge < -0.3 is 10.1 Å². The van der Waals surface area contributed by atoms with E-state index in [0.29, 0.717) is 21.8 Å². The molecule has 1 aromatic heterocycles. The number of nitrogens with zero attached hydrogens (tertiary/aromatic N) is 3. The molecule has 5 rings (SSSR count). The molecule has 1 amide bonds. The van der Waals surface area contributed by atoms with Crippen molar-refractivity contribution >= 4 is 45.7 Å². The summed E-state index contributed by atoms with van der Waals surface area (Å²) in [5.74, 6) is 1.33. The van der Waals surface area contributed by atoms with Crippen molar-refractivity contribution in [3.05, 3.63) is 96.0 Å². The zero-order chi connectivity index (χ0) is 24.2. The fourth-order valence-corrected chi connectivity index (χ4v) is 4.72. The lowest BCUT2D eigenvalue weighted by Gasteiger charge is -2.13. The van der Waals surface area contributed by atoms with E-state index in [0.717, 1.165) is 27.7 Å². The van der Waals surface area contributed by atoms with Crippen LogP contribution in [0.25, 0.3) is 27.8 Å². The van der Waals surface area contributed by atoms with Crippen LogP contribution in [0.1, 0.15) is 0 Å². The van der Waals surface area contributed by atoms with Gasteiger partial charge in [-0.1, -0.05) is 71.9 Å². The van der Waals surface area contributed by atoms with Crippen LogP contribution in [0.3, 0.4) is 0 Å². The van der Waals surface area contributed by atoms with E-state index in [1.165, 1.54) is 11.8 Å². The molecule has 5 aromatic rings. The summed E-state index contributed by atoms with van der Waals surface area (Å²) in [6.45, 7) is 0. The van der Waals surface area contributed by atoms with Gasteiger partial charge in [-0.3, -0.25) is 9.36 Å². The monoisotopic (exact) mass is 500 g/mol. The van der Waals surface area contributed by atoms with Crippen molar-refractivity contribution in [1.82, 2.24) is 14.8 Å². The number of anilines is 1. The van der Waals surface area contributed by atoms with Crippen molar-refractivity contribution in [2.24, 2.45) is 0 Å². The van der Waals surface area contributed by atoms with Crippen molar-refractivity contribution in [3.63, 3.8) is 0 Å². The van der Waals surface area contributed by atoms with Crippen molar-refractivity contribution in [1.29, 1.82) is 0 Å². The van der Waals surface area contributed by atoms with E-state index in [-0.39, 0.29) is 11.7 Å². The van der Waals surface area contributed by atoms with Gasteiger partial charge in [0.2, 0.25) is 5.91 Å². The Morgan fingerprint density at radius 2 is 1.69 bits per heavy atom. The third kappa shape index (κ3) is 4.87. The third-order valence-electron chi connectivity index (χ3n) is 5.46. The molecule has 0 unspecified atom stereocenters. The number of rotatable bonds is 7. The average molecular weight is 501 g/mol. The van der Waals surface area contributed by atoms with E-state index >= 15 is 0 Å². The molecule has 174 valence electrons. The smallest absolute Gasteiger partial charge is 0.234 e. The molecule has 0 aliphatic carbocycles. The van der Waals surface area contributed by atoms with E-state index in [1.807, 2.05) is 95.6 Å². The summed E-state index contributed by atoms with van der Waals surface area (Å²) >= 11 is 7.43. The Bertz CT molecular complexity index is 1500. The molecule has 0 bridgehead atoms. The molecule has 0 spiro atoms. The lowest BCUT2D eigenvalue weighted by molar-refractivity contribution is -0.113. The highest BCUT2D eigenvalue weighted by atomic mass is 35.5. The van der Waals surface area contributed by atoms with E-state index in [9.17, 15) is 4.79 Å². The van der Waals surface area contributed by atoms with Crippen LogP contribution in [0.4, 0.5) is 5.69 Å². The number of aromatic nitrogens is 3. The first-order valence-corrected chi connectivity index (χ1v) is 12.3. The number of carbonyl (C=O) groups excluding carboxylic acids is 1. The fraction of sp³-hybridized carbons (Fsp3) is 0.0741. The van der Waals surface area contributed by atoms with Crippen LogP contribution in [0.5, 0.6) is 5.75 Å². The molecular weight excluding hydrogens is 480 g/mol. The maximum Gasteiger partial charge on any atom is 0.234 e. The summed E-state index contributed by atoms with van der Waals surface area (Å²) < 4.78 is 7.45. The first-order valence-electron chi connectivity index (χ1n) is 10.9. The molecule has 0 aliphatic rings. The van der Waals surface area contributed by atoms with E-state index in [1.54, 1.807) is 7.11 Å². The van der Waals surface area contributed by atoms with E-state index in [2.05, 4.69) is 15.5 Å². The molecule has 8 heteroatoms. The average Bonchev–Trinajstić information content (AvgIpc) is 3.32. The summed E-state index contributed by atoms with van der Waals surface area (Å²) in [6.07, 6.45) is 0. The Kier molecular flexibility index (Phi) is 6.70. The minimum Gasteiger partial charge on any atom is -0.496 e. The highest BCUT2D eigenvalue weighted by Crippen LogP contribution is 2.33. The number of nitrogens with one attached hydrogen (secondary N) is 1. The number of fused-ring (bicyclic) bond motifs is 1. The summed E-state index contributed by atoms with van der Waals surface area (Å²) in [5.41, 5.74) is 2.41. The Balaban J connectivity index is 1.44. The van der Waals surface area contributed by atoms with Crippen LogP contribution in [-0.4, -0.2) is 33.5 Å². The Labute approximate surface area is 211 Å². The van der Waals surface area contributed by atoms with Gasteiger partial charge in [-0.15, -0.1) is 10.2 Å². The number of methoxy groups -OCH3 is 1. The molecule has 4 aromatic carbocycles. The Morgan fingerprint density at radius 3 is 2.51 bits per heavy atom. The largest absolute Gasteiger partial charge is 0.496 e. The van der Waals surface area contributed by atoms with E-state index < -0.39 is 0 Å². The summed E-state index contributed by atoms with van der Waals surface area (Å²) in [7, 11) is 1.62. The van der Waals surface area contributed by atoms with Gasteiger partial charge in [0.05, 0.1) is 18.4 Å². The molecule has 1 N–H and O–H groups in total. The van der Waals surface area contributed by atoms with Gasteiger partial charge in [0.1, 0.15) is 5.75 Å². The molecule has 0 fully saturated rings. The maximum atomic E-state index is 12.9. The SMILES string of the molecule is COc1ccccc1-c1nnc(SCC(=O)Nc2cccc3ccccc23)n1-c1ccc(Cl)cc1. The van der Waals surface area contributed by atoms with Crippen molar-refractivity contribution < 1.29 is 9.53 Å². The summed E-state index contributed by atoms with van der Waals surface area (Å²) in [4.78, 5) is 12.9. The molecule has 6 nitrogen and oxygen atoms in total. The number of benzene rings is 4. The van der Waals surface area contributed by atoms with Gasteiger partial charge >= 0.3 is 0 Å². The highest BCUT2D eigenvalue weighted by molar-refractivity contribution is 7.99. The predicted molar refractivity (Wildman–Crippen MR) is 142 cm³/mol. The summed E-state index contributed by atoms with van der Waals surface area (Å²) in [5, 5.41) is 15.2. The maximum absolute atomic E-state index is 12.9. The molecule has 0 saturated heterocycles. The number of amides is 1. The zero-order valence-corrected chi connectivity index (χ0v) is 20.4. The highest BCUT2D eigenvalue weighted by Gasteiger charge is 2.20. The third-order valence-corrected chi connectivity index (χ3v) is 6.64. The van der Waals surface area contributed by atoms with Gasteiger partial charge in [-0.25, -0.2) is 0 Å². The number of para-hydroxylation sites is 1. The fourth-order valence-electron chi connectivity index (χ4n) is 3.84. The first-order chi connectivity index (χ1) is 17.1. The van der Waals surface area contributed by atoms with E-state index in [4.69, 9.17) is 16.3 Å². The van der Waals surface area contributed by atoms with Gasteiger partial charge in [-0.2, -0.15) is 0 Å². The molecule has 35 heavy (non-hydrogen) atoms. The number of thioether (sulfide) groups is 1. The molecule has 1 heterocycles. The quantitative estimate of drug-likeness (QED) is 0.259. The normalized spacial score (nSPS) is 10.9. The van der Waals surface area contributed by atoms with Crippen LogP contribution in [0.15, 0.2) is 96.2 Å². The van der Waals surface area contributed by atoms with Crippen molar-refractivity contribution in [2.75, 3.05) is 18.2 Å². The predicted octanol–water partition coefficient (Wildman–Crippen LogP) is 6.48. The van der Waals surface area contributed by atoms with Crippen LogP contribution in [-0.2, 0) is 4.79 Å². The molecule has 0 atom stereocenters. The van der Waals surface area contributed by atoms with Crippen LogP contribution < -0.4 is 10.1 Å². The number of ether oxygens (including phenoxy) is 1. The number of halogens is 1. The summed E-state index contributed by atoms with van der Waals surface area (Å²) in [6, 6.07) is 28.8. The number of carbonyl (C=O) groups is 1. The number of hydrogen-bond acceptors (Lipinski definition) is 5. The second kappa shape index (κ2) is 10.2. The van der Waals surface area contributed by atoms with Crippen LogP contribution in [0.2, 0.25) is 5.02 Å². The molecular formula is C27H21ClN4O2S. The first kappa shape index (κ1) is 23.0. The van der Waals surface area contributed by atoms with Crippen LogP contribution >= 0.6 is 23.4 Å². The Morgan fingerprint density at radius 1 is 0.943 bits per heavy atom. The zero-order valence-electron chi connectivity index (χ0n) is 18.8. The molecule has 0 aliphatic heterocycles. The van der Waals surface area contributed by atoms with Gasteiger partial charge in [0.15, 0.2) is 11.0 Å². The minimum atomic E-state index is -0.129. The van der Waals surface area contributed by atoms with Crippen molar-refractivity contribution in [2.45, 2.75) is 5.16 Å². The van der Waals surface area contributed by atoms with Gasteiger partial charge in [0.25, 0.3) is 0 Å².